The molecule has 0 saturated heterocycles. The standard InChI is InChI=1S/C10H18N2O/c1-3-12(4-2)9(8-11)10-6-5-7-13-10/h5-7,9H,3-4,8,11H2,1-2H3/t9-/m0/s1. The lowest BCUT2D eigenvalue weighted by Crippen LogP contribution is -2.33. The summed E-state index contributed by atoms with van der Waals surface area (Å²) >= 11 is 0. The fraction of sp³-hybridized carbons (Fsp3) is 0.600. The van der Waals surface area contributed by atoms with Gasteiger partial charge in [-0.15, -0.1) is 0 Å². The van der Waals surface area contributed by atoms with Crippen molar-refractivity contribution in [1.29, 1.82) is 0 Å². The first-order valence-corrected chi connectivity index (χ1v) is 4.81. The van der Waals surface area contributed by atoms with Crippen molar-refractivity contribution in [2.24, 2.45) is 5.73 Å². The van der Waals surface area contributed by atoms with E-state index in [0.717, 1.165) is 18.8 Å². The van der Waals surface area contributed by atoms with Crippen LogP contribution in [0.25, 0.3) is 0 Å². The molecule has 3 nitrogen and oxygen atoms in total. The number of hydrogen-bond acceptors (Lipinski definition) is 3. The van der Waals surface area contributed by atoms with Gasteiger partial charge in [0.2, 0.25) is 0 Å². The number of furan rings is 1. The second-order valence-electron chi connectivity index (χ2n) is 2.99. The molecule has 0 aliphatic heterocycles. The minimum Gasteiger partial charge on any atom is -0.468 e. The third-order valence-corrected chi connectivity index (χ3v) is 2.35. The molecule has 0 aliphatic carbocycles. The van der Waals surface area contributed by atoms with Gasteiger partial charge in [-0.1, -0.05) is 13.8 Å². The van der Waals surface area contributed by atoms with Gasteiger partial charge in [-0.3, -0.25) is 4.90 Å². The van der Waals surface area contributed by atoms with E-state index in [1.807, 2.05) is 12.1 Å². The molecule has 1 atom stereocenters. The molecular weight excluding hydrogens is 164 g/mol. The minimum atomic E-state index is 0.227. The molecule has 1 aromatic heterocycles. The maximum absolute atomic E-state index is 5.71. The predicted octanol–water partition coefficient (Wildman–Crippen LogP) is 1.62. The highest BCUT2D eigenvalue weighted by Gasteiger charge is 2.17. The van der Waals surface area contributed by atoms with E-state index >= 15 is 0 Å². The predicted molar refractivity (Wildman–Crippen MR) is 53.4 cm³/mol. The Hall–Kier alpha value is -0.800. The summed E-state index contributed by atoms with van der Waals surface area (Å²) < 4.78 is 5.35. The van der Waals surface area contributed by atoms with Crippen LogP contribution in [-0.2, 0) is 0 Å². The van der Waals surface area contributed by atoms with E-state index in [-0.39, 0.29) is 6.04 Å². The summed E-state index contributed by atoms with van der Waals surface area (Å²) in [6.07, 6.45) is 1.70. The fourth-order valence-electron chi connectivity index (χ4n) is 1.59. The molecule has 13 heavy (non-hydrogen) atoms. The molecule has 0 amide bonds. The molecule has 0 unspecified atom stereocenters. The quantitative estimate of drug-likeness (QED) is 0.752. The summed E-state index contributed by atoms with van der Waals surface area (Å²) in [5, 5.41) is 0. The number of nitrogens with two attached hydrogens (primary N) is 1. The van der Waals surface area contributed by atoms with Gasteiger partial charge >= 0.3 is 0 Å². The van der Waals surface area contributed by atoms with E-state index < -0.39 is 0 Å². The van der Waals surface area contributed by atoms with Crippen molar-refractivity contribution in [1.82, 2.24) is 4.90 Å². The van der Waals surface area contributed by atoms with Crippen LogP contribution in [0.1, 0.15) is 25.6 Å². The first-order chi connectivity index (χ1) is 6.33. The molecule has 0 spiro atoms. The van der Waals surface area contributed by atoms with Crippen molar-refractivity contribution in [2.45, 2.75) is 19.9 Å². The van der Waals surface area contributed by atoms with E-state index in [1.165, 1.54) is 0 Å². The molecule has 1 aromatic rings. The van der Waals surface area contributed by atoms with E-state index in [1.54, 1.807) is 6.26 Å². The van der Waals surface area contributed by atoms with Gasteiger partial charge in [0, 0.05) is 6.54 Å². The van der Waals surface area contributed by atoms with E-state index in [0.29, 0.717) is 6.54 Å². The largest absolute Gasteiger partial charge is 0.468 e. The molecule has 74 valence electrons. The zero-order chi connectivity index (χ0) is 9.68. The molecule has 3 heteroatoms. The van der Waals surface area contributed by atoms with Crippen LogP contribution < -0.4 is 5.73 Å². The average Bonchev–Trinajstić information content (AvgIpc) is 2.66. The van der Waals surface area contributed by atoms with Crippen molar-refractivity contribution < 1.29 is 4.42 Å². The molecular formula is C10H18N2O. The first-order valence-electron chi connectivity index (χ1n) is 4.81. The van der Waals surface area contributed by atoms with Crippen LogP contribution in [0.4, 0.5) is 0 Å². The fourth-order valence-corrected chi connectivity index (χ4v) is 1.59. The average molecular weight is 182 g/mol. The number of rotatable bonds is 5. The van der Waals surface area contributed by atoms with E-state index in [2.05, 4.69) is 18.7 Å². The maximum Gasteiger partial charge on any atom is 0.122 e. The van der Waals surface area contributed by atoms with Gasteiger partial charge < -0.3 is 10.2 Å². The third-order valence-electron chi connectivity index (χ3n) is 2.35. The third kappa shape index (κ3) is 2.32. The normalized spacial score (nSPS) is 13.5. The maximum atomic E-state index is 5.71. The van der Waals surface area contributed by atoms with Crippen LogP contribution in [0.5, 0.6) is 0 Å². The van der Waals surface area contributed by atoms with Crippen molar-refractivity contribution in [2.75, 3.05) is 19.6 Å². The van der Waals surface area contributed by atoms with Gasteiger partial charge in [-0.25, -0.2) is 0 Å². The molecule has 0 bridgehead atoms. The summed E-state index contributed by atoms with van der Waals surface area (Å²) in [4.78, 5) is 2.29. The summed E-state index contributed by atoms with van der Waals surface area (Å²) in [6, 6.07) is 4.11. The summed E-state index contributed by atoms with van der Waals surface area (Å²) in [6.45, 7) is 6.87. The zero-order valence-electron chi connectivity index (χ0n) is 8.36. The Morgan fingerprint density at radius 1 is 1.46 bits per heavy atom. The van der Waals surface area contributed by atoms with Gasteiger partial charge in [0.15, 0.2) is 0 Å². The molecule has 1 rings (SSSR count). The van der Waals surface area contributed by atoms with Crippen LogP contribution in [0.2, 0.25) is 0 Å². The Bertz CT molecular complexity index is 217. The number of hydrogen-bond donors (Lipinski definition) is 1. The highest BCUT2D eigenvalue weighted by molar-refractivity contribution is 5.05. The monoisotopic (exact) mass is 182 g/mol. The molecule has 0 aromatic carbocycles. The molecule has 0 saturated carbocycles. The van der Waals surface area contributed by atoms with Crippen LogP contribution in [-0.4, -0.2) is 24.5 Å². The van der Waals surface area contributed by atoms with Crippen molar-refractivity contribution in [3.8, 4) is 0 Å². The molecule has 0 fully saturated rings. The molecule has 0 radical (unpaired) electrons. The van der Waals surface area contributed by atoms with Crippen LogP contribution in [0, 0.1) is 0 Å². The van der Waals surface area contributed by atoms with Crippen molar-refractivity contribution in [3.05, 3.63) is 24.2 Å². The lowest BCUT2D eigenvalue weighted by atomic mass is 10.2. The Morgan fingerprint density at radius 3 is 2.54 bits per heavy atom. The Balaban J connectivity index is 2.72. The molecule has 2 N–H and O–H groups in total. The summed E-state index contributed by atoms with van der Waals surface area (Å²) in [5.41, 5.74) is 5.71. The van der Waals surface area contributed by atoms with Gasteiger partial charge in [-0.05, 0) is 25.2 Å². The lowest BCUT2D eigenvalue weighted by Gasteiger charge is -2.26. The van der Waals surface area contributed by atoms with Gasteiger partial charge in [-0.2, -0.15) is 0 Å². The van der Waals surface area contributed by atoms with Crippen molar-refractivity contribution in [3.63, 3.8) is 0 Å². The lowest BCUT2D eigenvalue weighted by molar-refractivity contribution is 0.198. The van der Waals surface area contributed by atoms with Gasteiger partial charge in [0.25, 0.3) is 0 Å². The highest BCUT2D eigenvalue weighted by Crippen LogP contribution is 2.19. The van der Waals surface area contributed by atoms with E-state index in [4.69, 9.17) is 10.2 Å². The number of nitrogens with zero attached hydrogens (tertiary/aromatic N) is 1. The Kier molecular flexibility index (Phi) is 3.99. The van der Waals surface area contributed by atoms with Crippen LogP contribution >= 0.6 is 0 Å². The van der Waals surface area contributed by atoms with Gasteiger partial charge in [0.1, 0.15) is 5.76 Å². The zero-order valence-corrected chi connectivity index (χ0v) is 8.36. The second-order valence-corrected chi connectivity index (χ2v) is 2.99. The first kappa shape index (κ1) is 10.3. The Labute approximate surface area is 79.5 Å². The van der Waals surface area contributed by atoms with Crippen LogP contribution in [0.15, 0.2) is 22.8 Å². The van der Waals surface area contributed by atoms with E-state index in [9.17, 15) is 0 Å². The second kappa shape index (κ2) is 5.04. The van der Waals surface area contributed by atoms with Crippen LogP contribution in [0.3, 0.4) is 0 Å². The molecule has 0 aliphatic rings. The topological polar surface area (TPSA) is 42.4 Å². The van der Waals surface area contributed by atoms with Gasteiger partial charge in [0.05, 0.1) is 12.3 Å². The number of likely N-dealkylation sites (N-methyl/N-ethyl adjacent to an activating group) is 1. The minimum absolute atomic E-state index is 0.227. The summed E-state index contributed by atoms with van der Waals surface area (Å²) in [5.74, 6) is 0.964. The SMILES string of the molecule is CCN(CC)[C@@H](CN)c1ccco1. The highest BCUT2D eigenvalue weighted by atomic mass is 16.3. The summed E-state index contributed by atoms with van der Waals surface area (Å²) in [7, 11) is 0. The molecule has 1 heterocycles. The Morgan fingerprint density at radius 2 is 2.15 bits per heavy atom. The smallest absolute Gasteiger partial charge is 0.122 e. The van der Waals surface area contributed by atoms with Crippen molar-refractivity contribution >= 4 is 0 Å².